The first-order chi connectivity index (χ1) is 11.6. The molecule has 0 N–H and O–H groups in total. The zero-order valence-corrected chi connectivity index (χ0v) is 13.4. The summed E-state index contributed by atoms with van der Waals surface area (Å²) in [5, 5.41) is 11.2. The molecule has 1 heterocycles. The lowest BCUT2D eigenvalue weighted by atomic mass is 9.99. The Morgan fingerprint density at radius 3 is 2.71 bits per heavy atom. The van der Waals surface area contributed by atoms with Crippen LogP contribution in [0.3, 0.4) is 0 Å². The van der Waals surface area contributed by atoms with E-state index in [4.69, 9.17) is 4.74 Å². The summed E-state index contributed by atoms with van der Waals surface area (Å²) in [6.07, 6.45) is 0.793. The monoisotopic (exact) mass is 326 g/mol. The number of carbonyl (C=O) groups excluding carboxylic acids is 1. The van der Waals surface area contributed by atoms with Gasteiger partial charge in [0.05, 0.1) is 11.5 Å². The average Bonchev–Trinajstić information content (AvgIpc) is 2.61. The number of hydrogen-bond acceptors (Lipinski definition) is 4. The van der Waals surface area contributed by atoms with Crippen LogP contribution in [0, 0.1) is 10.1 Å². The highest BCUT2D eigenvalue weighted by atomic mass is 16.6. The number of rotatable bonds is 4. The molecule has 0 fully saturated rings. The minimum Gasteiger partial charge on any atom is -0.487 e. The second kappa shape index (κ2) is 6.70. The van der Waals surface area contributed by atoms with Gasteiger partial charge >= 0.3 is 5.69 Å². The van der Waals surface area contributed by atoms with Crippen molar-refractivity contribution in [2.24, 2.45) is 0 Å². The van der Waals surface area contributed by atoms with Crippen molar-refractivity contribution < 1.29 is 14.5 Å². The zero-order chi connectivity index (χ0) is 17.1. The van der Waals surface area contributed by atoms with Gasteiger partial charge in [0.15, 0.2) is 5.75 Å². The molecule has 2 aromatic carbocycles. The van der Waals surface area contributed by atoms with E-state index in [1.807, 2.05) is 18.2 Å². The molecule has 6 heteroatoms. The second-order valence-corrected chi connectivity index (χ2v) is 5.62. The van der Waals surface area contributed by atoms with Crippen LogP contribution in [0.2, 0.25) is 0 Å². The first-order valence-corrected chi connectivity index (χ1v) is 7.87. The van der Waals surface area contributed by atoms with Crippen LogP contribution in [0.4, 0.5) is 5.69 Å². The average molecular weight is 326 g/mol. The topological polar surface area (TPSA) is 72.7 Å². The van der Waals surface area contributed by atoms with Gasteiger partial charge in [0.1, 0.15) is 0 Å². The van der Waals surface area contributed by atoms with Crippen LogP contribution in [0.1, 0.15) is 28.4 Å². The standard InChI is InChI=1S/C18H18N2O4/c1-2-24-17-8-7-14(11-16(17)20(22)23)18(21)19-10-9-13-5-3-4-6-15(13)12-19/h3-8,11H,2,9-10,12H2,1H3. The van der Waals surface area contributed by atoms with Gasteiger partial charge < -0.3 is 9.64 Å². The number of nitro benzene ring substituents is 1. The first kappa shape index (κ1) is 16.0. The van der Waals surface area contributed by atoms with Crippen molar-refractivity contribution in [1.82, 2.24) is 4.90 Å². The first-order valence-electron chi connectivity index (χ1n) is 7.87. The summed E-state index contributed by atoms with van der Waals surface area (Å²) in [5.41, 5.74) is 2.50. The van der Waals surface area contributed by atoms with Gasteiger partial charge in [-0.1, -0.05) is 24.3 Å². The van der Waals surface area contributed by atoms with Crippen molar-refractivity contribution in [1.29, 1.82) is 0 Å². The van der Waals surface area contributed by atoms with Gasteiger partial charge in [-0.25, -0.2) is 0 Å². The molecule has 0 aromatic heterocycles. The highest BCUT2D eigenvalue weighted by molar-refractivity contribution is 5.95. The number of benzene rings is 2. The smallest absolute Gasteiger partial charge is 0.311 e. The Hall–Kier alpha value is -2.89. The molecular weight excluding hydrogens is 308 g/mol. The van der Waals surface area contributed by atoms with E-state index in [0.717, 1.165) is 12.0 Å². The molecule has 0 radical (unpaired) electrons. The van der Waals surface area contributed by atoms with Crippen LogP contribution in [-0.2, 0) is 13.0 Å². The van der Waals surface area contributed by atoms with E-state index in [2.05, 4.69) is 6.07 Å². The number of fused-ring (bicyclic) bond motifs is 1. The number of nitro groups is 1. The lowest BCUT2D eigenvalue weighted by molar-refractivity contribution is -0.385. The van der Waals surface area contributed by atoms with Crippen molar-refractivity contribution in [3.05, 3.63) is 69.3 Å². The Bertz CT molecular complexity index is 788. The molecule has 124 valence electrons. The maximum Gasteiger partial charge on any atom is 0.311 e. The van der Waals surface area contributed by atoms with Gasteiger partial charge in [-0.3, -0.25) is 14.9 Å². The third kappa shape index (κ3) is 3.08. The fourth-order valence-electron chi connectivity index (χ4n) is 2.92. The maximum atomic E-state index is 12.7. The highest BCUT2D eigenvalue weighted by Gasteiger charge is 2.24. The fraction of sp³-hybridized carbons (Fsp3) is 0.278. The van der Waals surface area contributed by atoms with Gasteiger partial charge in [0.25, 0.3) is 5.91 Å². The number of hydrogen-bond donors (Lipinski definition) is 0. The zero-order valence-electron chi connectivity index (χ0n) is 13.4. The van der Waals surface area contributed by atoms with Gasteiger partial charge in [0.2, 0.25) is 0 Å². The summed E-state index contributed by atoms with van der Waals surface area (Å²) < 4.78 is 5.26. The summed E-state index contributed by atoms with van der Waals surface area (Å²) >= 11 is 0. The summed E-state index contributed by atoms with van der Waals surface area (Å²) in [7, 11) is 0. The van der Waals surface area contributed by atoms with Crippen LogP contribution in [0.15, 0.2) is 42.5 Å². The highest BCUT2D eigenvalue weighted by Crippen LogP contribution is 2.29. The Kier molecular flexibility index (Phi) is 4.46. The van der Waals surface area contributed by atoms with Crippen LogP contribution in [-0.4, -0.2) is 28.9 Å². The van der Waals surface area contributed by atoms with Gasteiger partial charge in [0, 0.05) is 24.7 Å². The van der Waals surface area contributed by atoms with Crippen LogP contribution in [0.25, 0.3) is 0 Å². The molecule has 1 aliphatic heterocycles. The minimum atomic E-state index is -0.521. The summed E-state index contributed by atoms with van der Waals surface area (Å²) in [6.45, 7) is 3.22. The molecule has 1 amide bonds. The van der Waals surface area contributed by atoms with Crippen molar-refractivity contribution in [2.45, 2.75) is 19.9 Å². The van der Waals surface area contributed by atoms with Crippen molar-refractivity contribution in [3.8, 4) is 5.75 Å². The molecule has 0 atom stereocenters. The second-order valence-electron chi connectivity index (χ2n) is 5.62. The summed E-state index contributed by atoms with van der Waals surface area (Å²) in [6, 6.07) is 12.4. The fourth-order valence-corrected chi connectivity index (χ4v) is 2.92. The van der Waals surface area contributed by atoms with Gasteiger partial charge in [-0.15, -0.1) is 0 Å². The molecule has 3 rings (SSSR count). The maximum absolute atomic E-state index is 12.7. The minimum absolute atomic E-state index is 0.180. The number of amides is 1. The molecule has 24 heavy (non-hydrogen) atoms. The quantitative estimate of drug-likeness (QED) is 0.639. The Morgan fingerprint density at radius 1 is 1.25 bits per heavy atom. The molecule has 0 saturated carbocycles. The van der Waals surface area contributed by atoms with E-state index in [9.17, 15) is 14.9 Å². The molecular formula is C18H18N2O4. The molecule has 0 unspecified atom stereocenters. The van der Waals surface area contributed by atoms with E-state index in [1.54, 1.807) is 17.9 Å². The Labute approximate surface area is 139 Å². The van der Waals surface area contributed by atoms with Crippen LogP contribution in [0.5, 0.6) is 5.75 Å². The molecule has 0 bridgehead atoms. The Balaban J connectivity index is 1.85. The number of ether oxygens (including phenoxy) is 1. The SMILES string of the molecule is CCOc1ccc(C(=O)N2CCc3ccccc3C2)cc1[N+](=O)[O-]. The van der Waals surface area contributed by atoms with E-state index < -0.39 is 4.92 Å². The predicted octanol–water partition coefficient (Wildman–Crippen LogP) is 3.19. The molecule has 1 aliphatic rings. The van der Waals surface area contributed by atoms with E-state index in [-0.39, 0.29) is 17.3 Å². The van der Waals surface area contributed by atoms with Crippen molar-refractivity contribution >= 4 is 11.6 Å². The van der Waals surface area contributed by atoms with Crippen LogP contribution < -0.4 is 4.74 Å². The molecule has 0 saturated heterocycles. The van der Waals surface area contributed by atoms with Crippen molar-refractivity contribution in [3.63, 3.8) is 0 Å². The van der Waals surface area contributed by atoms with Gasteiger partial charge in [-0.05, 0) is 36.6 Å². The number of carbonyl (C=O) groups is 1. The Morgan fingerprint density at radius 2 is 2.00 bits per heavy atom. The summed E-state index contributed by atoms with van der Waals surface area (Å²) in [4.78, 5) is 25.1. The number of nitrogens with zero attached hydrogens (tertiary/aromatic N) is 2. The largest absolute Gasteiger partial charge is 0.487 e. The lowest BCUT2D eigenvalue weighted by Gasteiger charge is -2.29. The predicted molar refractivity (Wildman–Crippen MR) is 89.2 cm³/mol. The third-order valence-electron chi connectivity index (χ3n) is 4.12. The van der Waals surface area contributed by atoms with E-state index in [0.29, 0.717) is 25.3 Å². The molecule has 2 aromatic rings. The molecule has 6 nitrogen and oxygen atoms in total. The third-order valence-corrected chi connectivity index (χ3v) is 4.12. The van der Waals surface area contributed by atoms with Gasteiger partial charge in [-0.2, -0.15) is 0 Å². The summed E-state index contributed by atoms with van der Waals surface area (Å²) in [5.74, 6) is -0.0151. The normalized spacial score (nSPS) is 13.3. The van der Waals surface area contributed by atoms with E-state index in [1.165, 1.54) is 17.7 Å². The lowest BCUT2D eigenvalue weighted by Crippen LogP contribution is -2.35. The molecule has 0 aliphatic carbocycles. The van der Waals surface area contributed by atoms with E-state index >= 15 is 0 Å². The van der Waals surface area contributed by atoms with Crippen molar-refractivity contribution in [2.75, 3.05) is 13.2 Å². The van der Waals surface area contributed by atoms with Crippen LogP contribution >= 0.6 is 0 Å². The molecule has 0 spiro atoms.